The van der Waals surface area contributed by atoms with Crippen molar-refractivity contribution in [3.05, 3.63) is 34.8 Å². The summed E-state index contributed by atoms with van der Waals surface area (Å²) in [6.45, 7) is 8.11. The standard InChI is InChI=1S/C20H20F2N4O3S/c1-6-14-10(3)17(29-12(5)28)13-8-16(9(2)7-15(13)23-14)30-20-24-19(18(21)22)26(25-20)11(4)27/h7-8,18H,6H2,1-5H3. The molecule has 0 saturated heterocycles. The van der Waals surface area contributed by atoms with E-state index in [2.05, 4.69) is 15.1 Å². The van der Waals surface area contributed by atoms with Crippen LogP contribution in [0.15, 0.2) is 22.2 Å². The van der Waals surface area contributed by atoms with Gasteiger partial charge in [-0.2, -0.15) is 9.67 Å². The molecule has 0 saturated carbocycles. The van der Waals surface area contributed by atoms with Crippen LogP contribution in [0.2, 0.25) is 0 Å². The van der Waals surface area contributed by atoms with Crippen molar-refractivity contribution in [2.75, 3.05) is 0 Å². The molecule has 0 spiro atoms. The van der Waals surface area contributed by atoms with Crippen molar-refractivity contribution in [1.82, 2.24) is 19.7 Å². The third-order valence-corrected chi connectivity index (χ3v) is 5.47. The van der Waals surface area contributed by atoms with Gasteiger partial charge in [0.15, 0.2) is 0 Å². The minimum Gasteiger partial charge on any atom is -0.426 e. The lowest BCUT2D eigenvalue weighted by Crippen LogP contribution is -2.12. The summed E-state index contributed by atoms with van der Waals surface area (Å²) in [5.41, 5.74) is 3.06. The summed E-state index contributed by atoms with van der Waals surface area (Å²) in [7, 11) is 0. The average Bonchev–Trinajstić information content (AvgIpc) is 3.09. The predicted octanol–water partition coefficient (Wildman–Crippen LogP) is 4.68. The SMILES string of the molecule is CCc1nc2cc(C)c(Sc3nc(C(F)F)n(C(C)=O)n3)cc2c(OC(C)=O)c1C. The molecule has 0 unspecified atom stereocenters. The average molecular weight is 434 g/mol. The van der Waals surface area contributed by atoms with Crippen molar-refractivity contribution >= 4 is 34.5 Å². The lowest BCUT2D eigenvalue weighted by atomic mass is 10.1. The van der Waals surface area contributed by atoms with Gasteiger partial charge in [-0.1, -0.05) is 6.92 Å². The summed E-state index contributed by atoms with van der Waals surface area (Å²) >= 11 is 1.05. The molecular formula is C20H20F2N4O3S. The first-order valence-corrected chi connectivity index (χ1v) is 10.00. The van der Waals surface area contributed by atoms with Gasteiger partial charge in [0.25, 0.3) is 6.43 Å². The van der Waals surface area contributed by atoms with Crippen LogP contribution in [0.25, 0.3) is 10.9 Å². The number of hydrogen-bond donors (Lipinski definition) is 0. The number of nitrogens with zero attached hydrogens (tertiary/aromatic N) is 4. The number of hydrogen-bond acceptors (Lipinski definition) is 7. The molecule has 2 heterocycles. The normalized spacial score (nSPS) is 11.3. The van der Waals surface area contributed by atoms with Crippen LogP contribution in [0.3, 0.4) is 0 Å². The molecule has 3 rings (SSSR count). The van der Waals surface area contributed by atoms with Crippen LogP contribution in [0.4, 0.5) is 8.78 Å². The van der Waals surface area contributed by atoms with Gasteiger partial charge in [0.2, 0.25) is 16.9 Å². The van der Waals surface area contributed by atoms with Crippen molar-refractivity contribution in [3.8, 4) is 5.75 Å². The van der Waals surface area contributed by atoms with E-state index in [1.165, 1.54) is 6.92 Å². The number of carbonyl (C=O) groups is 2. The Balaban J connectivity index is 2.14. The van der Waals surface area contributed by atoms with Gasteiger partial charge in [-0.3, -0.25) is 14.6 Å². The Morgan fingerprint density at radius 2 is 1.90 bits per heavy atom. The van der Waals surface area contributed by atoms with Gasteiger partial charge >= 0.3 is 5.97 Å². The molecule has 0 amide bonds. The molecule has 0 aliphatic rings. The van der Waals surface area contributed by atoms with Gasteiger partial charge in [0.05, 0.1) is 5.52 Å². The fourth-order valence-corrected chi connectivity index (χ4v) is 3.91. The molecule has 10 heteroatoms. The third kappa shape index (κ3) is 4.18. The van der Waals surface area contributed by atoms with E-state index >= 15 is 0 Å². The lowest BCUT2D eigenvalue weighted by Gasteiger charge is -2.14. The van der Waals surface area contributed by atoms with Gasteiger partial charge in [0.1, 0.15) is 5.75 Å². The van der Waals surface area contributed by atoms with Crippen LogP contribution in [0, 0.1) is 13.8 Å². The van der Waals surface area contributed by atoms with Gasteiger partial charge in [-0.25, -0.2) is 8.78 Å². The number of aryl methyl sites for hydroxylation is 2. The van der Waals surface area contributed by atoms with Gasteiger partial charge in [-0.05, 0) is 49.7 Å². The van der Waals surface area contributed by atoms with E-state index in [1.807, 2.05) is 26.8 Å². The molecule has 3 aromatic rings. The molecular weight excluding hydrogens is 414 g/mol. The molecule has 1 aromatic carbocycles. The van der Waals surface area contributed by atoms with Crippen molar-refractivity contribution in [1.29, 1.82) is 0 Å². The van der Waals surface area contributed by atoms with Crippen LogP contribution in [0.5, 0.6) is 5.75 Å². The molecule has 0 radical (unpaired) electrons. The summed E-state index contributed by atoms with van der Waals surface area (Å²) in [6, 6.07) is 3.60. The van der Waals surface area contributed by atoms with Crippen LogP contribution in [-0.2, 0) is 11.2 Å². The number of alkyl halides is 2. The Morgan fingerprint density at radius 3 is 2.43 bits per heavy atom. The summed E-state index contributed by atoms with van der Waals surface area (Å²) in [4.78, 5) is 32.4. The molecule has 7 nitrogen and oxygen atoms in total. The van der Waals surface area contributed by atoms with Gasteiger partial charge in [0, 0.05) is 35.4 Å². The van der Waals surface area contributed by atoms with E-state index in [9.17, 15) is 18.4 Å². The molecule has 0 atom stereocenters. The summed E-state index contributed by atoms with van der Waals surface area (Å²) in [5.74, 6) is -1.38. The zero-order valence-corrected chi connectivity index (χ0v) is 17.9. The van der Waals surface area contributed by atoms with Crippen molar-refractivity contribution < 1.29 is 23.1 Å². The van der Waals surface area contributed by atoms with E-state index in [1.54, 1.807) is 6.07 Å². The zero-order valence-electron chi connectivity index (χ0n) is 17.1. The van der Waals surface area contributed by atoms with E-state index in [-0.39, 0.29) is 5.16 Å². The number of aromatic nitrogens is 4. The molecule has 0 N–H and O–H groups in total. The summed E-state index contributed by atoms with van der Waals surface area (Å²) < 4.78 is 32.4. The number of pyridine rings is 1. The lowest BCUT2D eigenvalue weighted by molar-refractivity contribution is -0.131. The predicted molar refractivity (Wildman–Crippen MR) is 107 cm³/mol. The highest BCUT2D eigenvalue weighted by Gasteiger charge is 2.23. The molecule has 158 valence electrons. The maximum absolute atomic E-state index is 13.2. The quantitative estimate of drug-likeness (QED) is 0.539. The maximum atomic E-state index is 13.2. The topological polar surface area (TPSA) is 87.0 Å². The van der Waals surface area contributed by atoms with E-state index in [0.29, 0.717) is 32.7 Å². The van der Waals surface area contributed by atoms with Crippen LogP contribution < -0.4 is 4.74 Å². The highest BCUT2D eigenvalue weighted by atomic mass is 32.2. The second-order valence-corrected chi connectivity index (χ2v) is 7.69. The molecule has 0 fully saturated rings. The molecule has 0 bridgehead atoms. The first-order valence-electron chi connectivity index (χ1n) is 9.18. The first kappa shape index (κ1) is 21.8. The molecule has 2 aromatic heterocycles. The van der Waals surface area contributed by atoms with Gasteiger partial charge in [-0.15, -0.1) is 5.10 Å². The number of esters is 1. The van der Waals surface area contributed by atoms with Gasteiger partial charge < -0.3 is 4.74 Å². The molecule has 0 aliphatic heterocycles. The highest BCUT2D eigenvalue weighted by Crippen LogP contribution is 2.37. The van der Waals surface area contributed by atoms with E-state index in [4.69, 9.17) is 4.74 Å². The number of benzene rings is 1. The highest BCUT2D eigenvalue weighted by molar-refractivity contribution is 7.99. The van der Waals surface area contributed by atoms with Crippen LogP contribution in [0.1, 0.15) is 54.6 Å². The summed E-state index contributed by atoms with van der Waals surface area (Å²) in [5, 5.41) is 4.54. The molecule has 0 aliphatic carbocycles. The first-order chi connectivity index (χ1) is 14.1. The smallest absolute Gasteiger partial charge is 0.308 e. The van der Waals surface area contributed by atoms with Crippen molar-refractivity contribution in [2.45, 2.75) is 57.5 Å². The van der Waals surface area contributed by atoms with E-state index < -0.39 is 24.1 Å². The minimum absolute atomic E-state index is 0.0202. The number of carbonyl (C=O) groups excluding carboxylic acids is 2. The Morgan fingerprint density at radius 1 is 1.20 bits per heavy atom. The Kier molecular flexibility index (Phi) is 6.16. The minimum atomic E-state index is -2.93. The van der Waals surface area contributed by atoms with Crippen molar-refractivity contribution in [2.24, 2.45) is 0 Å². The second-order valence-electron chi connectivity index (χ2n) is 6.68. The number of halogens is 2. The monoisotopic (exact) mass is 434 g/mol. The molecule has 30 heavy (non-hydrogen) atoms. The van der Waals surface area contributed by atoms with Crippen LogP contribution >= 0.6 is 11.8 Å². The summed E-state index contributed by atoms with van der Waals surface area (Å²) in [6.07, 6.45) is -2.25. The fraction of sp³-hybridized carbons (Fsp3) is 0.350. The zero-order chi connectivity index (χ0) is 22.2. The van der Waals surface area contributed by atoms with Crippen LogP contribution in [-0.4, -0.2) is 31.6 Å². The fourth-order valence-electron chi connectivity index (χ4n) is 3.06. The maximum Gasteiger partial charge on any atom is 0.308 e. The van der Waals surface area contributed by atoms with E-state index in [0.717, 1.165) is 35.5 Å². The second kappa shape index (κ2) is 8.47. The third-order valence-electron chi connectivity index (χ3n) is 4.45. The number of rotatable bonds is 5. The Labute approximate surface area is 175 Å². The number of ether oxygens (including phenoxy) is 1. The largest absolute Gasteiger partial charge is 0.426 e. The number of fused-ring (bicyclic) bond motifs is 1. The van der Waals surface area contributed by atoms with Crippen molar-refractivity contribution in [3.63, 3.8) is 0 Å². The Bertz CT molecular complexity index is 1160. The Hall–Kier alpha value is -2.88.